The van der Waals surface area contributed by atoms with Crippen LogP contribution >= 0.6 is 15.9 Å². The summed E-state index contributed by atoms with van der Waals surface area (Å²) in [5, 5.41) is 0. The van der Waals surface area contributed by atoms with E-state index in [0.29, 0.717) is 18.4 Å². The molecule has 0 aromatic heterocycles. The van der Waals surface area contributed by atoms with E-state index in [1.165, 1.54) is 5.56 Å². The Morgan fingerprint density at radius 2 is 2.29 bits per heavy atom. The molecule has 3 heteroatoms. The van der Waals surface area contributed by atoms with E-state index in [1.54, 1.807) is 0 Å². The molecule has 0 aliphatic heterocycles. The largest absolute Gasteiger partial charge is 0.342 e. The molecule has 2 atom stereocenters. The molecule has 0 radical (unpaired) electrons. The molecule has 1 aromatic rings. The molecule has 2 unspecified atom stereocenters. The topological polar surface area (TPSA) is 20.3 Å². The number of hydrogen-bond acceptors (Lipinski definition) is 1. The van der Waals surface area contributed by atoms with Crippen molar-refractivity contribution >= 4 is 21.8 Å². The number of likely N-dealkylation sites (N-methyl/N-ethyl adjacent to an activating group) is 1. The van der Waals surface area contributed by atoms with Gasteiger partial charge in [0.2, 0.25) is 5.91 Å². The molecule has 1 saturated carbocycles. The highest BCUT2D eigenvalue weighted by Crippen LogP contribution is 2.44. The van der Waals surface area contributed by atoms with Crippen LogP contribution in [0.2, 0.25) is 0 Å². The van der Waals surface area contributed by atoms with Crippen LogP contribution in [0.25, 0.3) is 0 Å². The molecule has 1 fully saturated rings. The number of amides is 1. The molecule has 1 aliphatic carbocycles. The van der Waals surface area contributed by atoms with Crippen molar-refractivity contribution in [1.82, 2.24) is 4.90 Å². The fraction of sp³-hybridized carbons (Fsp3) is 0.500. The minimum Gasteiger partial charge on any atom is -0.342 e. The Bertz CT molecular complexity index is 418. The Hall–Kier alpha value is -0.830. The number of carbonyl (C=O) groups is 1. The fourth-order valence-electron chi connectivity index (χ4n) is 2.28. The van der Waals surface area contributed by atoms with Crippen LogP contribution in [0.1, 0.15) is 37.7 Å². The zero-order valence-electron chi connectivity index (χ0n) is 10.3. The van der Waals surface area contributed by atoms with Gasteiger partial charge in [0.1, 0.15) is 0 Å². The maximum atomic E-state index is 11.8. The second kappa shape index (κ2) is 5.21. The predicted octanol–water partition coefficient (Wildman–Crippen LogP) is 3.56. The normalized spacial score (nSPS) is 22.3. The third-order valence-electron chi connectivity index (χ3n) is 3.39. The summed E-state index contributed by atoms with van der Waals surface area (Å²) in [5.41, 5.74) is 1.33. The molecule has 1 aromatic carbocycles. The van der Waals surface area contributed by atoms with Crippen molar-refractivity contribution in [3.05, 3.63) is 34.3 Å². The molecule has 1 amide bonds. The minimum absolute atomic E-state index is 0.273. The first-order valence-corrected chi connectivity index (χ1v) is 6.94. The molecule has 2 nitrogen and oxygen atoms in total. The van der Waals surface area contributed by atoms with Crippen LogP contribution in [0.4, 0.5) is 0 Å². The van der Waals surface area contributed by atoms with E-state index in [1.807, 2.05) is 24.9 Å². The van der Waals surface area contributed by atoms with Gasteiger partial charge in [-0.2, -0.15) is 0 Å². The molecule has 17 heavy (non-hydrogen) atoms. The summed E-state index contributed by atoms with van der Waals surface area (Å²) < 4.78 is 1.11. The maximum absolute atomic E-state index is 11.8. The van der Waals surface area contributed by atoms with Crippen LogP contribution in [0, 0.1) is 0 Å². The summed E-state index contributed by atoms with van der Waals surface area (Å²) in [7, 11) is 1.93. The van der Waals surface area contributed by atoms with Crippen LogP contribution in [-0.2, 0) is 4.79 Å². The molecule has 1 aliphatic rings. The lowest BCUT2D eigenvalue weighted by Gasteiger charge is -2.17. The zero-order chi connectivity index (χ0) is 12.4. The van der Waals surface area contributed by atoms with Crippen molar-refractivity contribution in [2.75, 3.05) is 7.05 Å². The lowest BCUT2D eigenvalue weighted by molar-refractivity contribution is -0.130. The Kier molecular flexibility index (Phi) is 3.87. The SMILES string of the molecule is CCCC(=O)N(C)C1CC1c1cccc(Br)c1. The van der Waals surface area contributed by atoms with Gasteiger partial charge < -0.3 is 4.90 Å². The van der Waals surface area contributed by atoms with E-state index in [-0.39, 0.29) is 5.91 Å². The summed E-state index contributed by atoms with van der Waals surface area (Å²) in [6.45, 7) is 2.05. The van der Waals surface area contributed by atoms with Crippen molar-refractivity contribution in [3.8, 4) is 0 Å². The molecule has 92 valence electrons. The number of carbonyl (C=O) groups excluding carboxylic acids is 1. The molecule has 0 spiro atoms. The van der Waals surface area contributed by atoms with Gasteiger partial charge >= 0.3 is 0 Å². The Balaban J connectivity index is 1.98. The van der Waals surface area contributed by atoms with Crippen LogP contribution < -0.4 is 0 Å². The van der Waals surface area contributed by atoms with Gasteiger partial charge in [0.05, 0.1) is 0 Å². The summed E-state index contributed by atoms with van der Waals surface area (Å²) >= 11 is 3.49. The second-order valence-electron chi connectivity index (χ2n) is 4.72. The van der Waals surface area contributed by atoms with Crippen molar-refractivity contribution in [3.63, 3.8) is 0 Å². The van der Waals surface area contributed by atoms with Crippen LogP contribution in [0.3, 0.4) is 0 Å². The van der Waals surface area contributed by atoms with Gasteiger partial charge in [-0.1, -0.05) is 35.0 Å². The average Bonchev–Trinajstić information content (AvgIpc) is 3.08. The molecule has 0 bridgehead atoms. The smallest absolute Gasteiger partial charge is 0.222 e. The Labute approximate surface area is 111 Å². The fourth-order valence-corrected chi connectivity index (χ4v) is 2.70. The number of nitrogens with zero attached hydrogens (tertiary/aromatic N) is 1. The van der Waals surface area contributed by atoms with Crippen LogP contribution in [0.5, 0.6) is 0 Å². The highest BCUT2D eigenvalue weighted by Gasteiger charge is 2.42. The minimum atomic E-state index is 0.273. The standard InChI is InChI=1S/C14H18BrNO/c1-3-5-14(17)16(2)13-9-12(13)10-6-4-7-11(15)8-10/h4,6-8,12-13H,3,5,9H2,1-2H3. The number of hydrogen-bond donors (Lipinski definition) is 0. The van der Waals surface area contributed by atoms with E-state index in [9.17, 15) is 4.79 Å². The quantitative estimate of drug-likeness (QED) is 0.832. The zero-order valence-corrected chi connectivity index (χ0v) is 11.9. The van der Waals surface area contributed by atoms with Crippen molar-refractivity contribution in [2.24, 2.45) is 0 Å². The predicted molar refractivity (Wildman–Crippen MR) is 73.0 cm³/mol. The van der Waals surface area contributed by atoms with E-state index >= 15 is 0 Å². The van der Waals surface area contributed by atoms with Gasteiger partial charge in [-0.3, -0.25) is 4.79 Å². The van der Waals surface area contributed by atoms with E-state index in [4.69, 9.17) is 0 Å². The highest BCUT2D eigenvalue weighted by molar-refractivity contribution is 9.10. The van der Waals surface area contributed by atoms with Gasteiger partial charge in [-0.15, -0.1) is 0 Å². The van der Waals surface area contributed by atoms with E-state index < -0.39 is 0 Å². The Morgan fingerprint density at radius 1 is 1.53 bits per heavy atom. The molecule has 2 rings (SSSR count). The first kappa shape index (κ1) is 12.6. The van der Waals surface area contributed by atoms with Crippen molar-refractivity contribution < 1.29 is 4.79 Å². The molecule has 0 N–H and O–H groups in total. The summed E-state index contributed by atoms with van der Waals surface area (Å²) in [6.07, 6.45) is 2.69. The first-order chi connectivity index (χ1) is 8.13. The second-order valence-corrected chi connectivity index (χ2v) is 5.63. The number of benzene rings is 1. The number of rotatable bonds is 4. The van der Waals surface area contributed by atoms with Crippen molar-refractivity contribution in [1.29, 1.82) is 0 Å². The maximum Gasteiger partial charge on any atom is 0.222 e. The average molecular weight is 296 g/mol. The van der Waals surface area contributed by atoms with Gasteiger partial charge in [-0.05, 0) is 30.5 Å². The summed E-state index contributed by atoms with van der Waals surface area (Å²) in [4.78, 5) is 13.7. The lowest BCUT2D eigenvalue weighted by Crippen LogP contribution is -2.29. The summed E-state index contributed by atoms with van der Waals surface area (Å²) in [6, 6.07) is 8.80. The lowest BCUT2D eigenvalue weighted by atomic mass is 10.1. The number of halogens is 1. The van der Waals surface area contributed by atoms with Gasteiger partial charge in [0, 0.05) is 29.9 Å². The highest BCUT2D eigenvalue weighted by atomic mass is 79.9. The van der Waals surface area contributed by atoms with Crippen LogP contribution in [-0.4, -0.2) is 23.9 Å². The van der Waals surface area contributed by atoms with Crippen LogP contribution in [0.15, 0.2) is 28.7 Å². The molecule has 0 heterocycles. The van der Waals surface area contributed by atoms with Gasteiger partial charge in [0.15, 0.2) is 0 Å². The Morgan fingerprint density at radius 3 is 2.94 bits per heavy atom. The molecule has 0 saturated heterocycles. The third kappa shape index (κ3) is 2.89. The van der Waals surface area contributed by atoms with E-state index in [0.717, 1.165) is 17.3 Å². The van der Waals surface area contributed by atoms with Gasteiger partial charge in [0.25, 0.3) is 0 Å². The monoisotopic (exact) mass is 295 g/mol. The molecular weight excluding hydrogens is 278 g/mol. The van der Waals surface area contributed by atoms with E-state index in [2.05, 4.69) is 34.1 Å². The van der Waals surface area contributed by atoms with Crippen molar-refractivity contribution in [2.45, 2.75) is 38.1 Å². The third-order valence-corrected chi connectivity index (χ3v) is 3.88. The summed E-state index contributed by atoms with van der Waals surface area (Å²) in [5.74, 6) is 0.799. The van der Waals surface area contributed by atoms with Gasteiger partial charge in [-0.25, -0.2) is 0 Å². The first-order valence-electron chi connectivity index (χ1n) is 6.14. The molecular formula is C14H18BrNO.